The molecule has 0 atom stereocenters. The third-order valence-corrected chi connectivity index (χ3v) is 4.58. The molecule has 0 aliphatic rings. The van der Waals surface area contributed by atoms with Gasteiger partial charge in [0.2, 0.25) is 0 Å². The molecule has 0 N–H and O–H groups in total. The summed E-state index contributed by atoms with van der Waals surface area (Å²) in [5, 5.41) is 2.10. The number of hydrogen-bond acceptors (Lipinski definition) is 0. The van der Waals surface area contributed by atoms with Crippen molar-refractivity contribution in [1.29, 1.82) is 0 Å². The highest BCUT2D eigenvalue weighted by Crippen LogP contribution is 2.46. The fraction of sp³-hybridized carbons (Fsp3) is 0. The molecular weight excluding hydrogens is 357 g/mol. The van der Waals surface area contributed by atoms with Gasteiger partial charge in [0.1, 0.15) is 0 Å². The van der Waals surface area contributed by atoms with Gasteiger partial charge >= 0.3 is 0 Å². The van der Waals surface area contributed by atoms with Crippen LogP contribution in [0.25, 0.3) is 11.1 Å². The van der Waals surface area contributed by atoms with Crippen molar-refractivity contribution in [3.63, 3.8) is 0 Å². The smallest absolute Gasteiger partial charge is 0.0686 e. The van der Waals surface area contributed by atoms with E-state index in [4.69, 9.17) is 69.6 Å². The van der Waals surface area contributed by atoms with Crippen LogP contribution in [0.15, 0.2) is 24.3 Å². The lowest BCUT2D eigenvalue weighted by Crippen LogP contribution is -1.87. The van der Waals surface area contributed by atoms with Crippen LogP contribution in [0.4, 0.5) is 0 Å². The van der Waals surface area contributed by atoms with Crippen molar-refractivity contribution in [1.82, 2.24) is 0 Å². The van der Waals surface area contributed by atoms with Crippen molar-refractivity contribution in [2.24, 2.45) is 0 Å². The van der Waals surface area contributed by atoms with Gasteiger partial charge in [0, 0.05) is 11.1 Å². The van der Waals surface area contributed by atoms with Crippen molar-refractivity contribution < 1.29 is 0 Å². The Labute approximate surface area is 134 Å². The summed E-state index contributed by atoms with van der Waals surface area (Å²) in [5.74, 6) is 0. The molecule has 0 amide bonds. The standard InChI is InChI=1S/C12H4Cl6/c13-5-1-3-7(15)11(17)9(5)10-6(14)2-4-8(16)12(10)18/h1-4H. The maximum Gasteiger partial charge on any atom is 0.0686 e. The van der Waals surface area contributed by atoms with Crippen molar-refractivity contribution in [3.8, 4) is 11.1 Å². The topological polar surface area (TPSA) is 0 Å². The summed E-state index contributed by atoms with van der Waals surface area (Å²) < 4.78 is 0. The van der Waals surface area contributed by atoms with E-state index in [1.54, 1.807) is 24.3 Å². The monoisotopic (exact) mass is 358 g/mol. The zero-order chi connectivity index (χ0) is 13.4. The summed E-state index contributed by atoms with van der Waals surface area (Å²) in [4.78, 5) is 0. The van der Waals surface area contributed by atoms with E-state index in [0.29, 0.717) is 31.2 Å². The van der Waals surface area contributed by atoms with Gasteiger partial charge in [-0.2, -0.15) is 0 Å². The molecule has 0 bridgehead atoms. The molecule has 2 aromatic rings. The lowest BCUT2D eigenvalue weighted by atomic mass is 10.1. The van der Waals surface area contributed by atoms with E-state index in [-0.39, 0.29) is 10.0 Å². The molecule has 2 aromatic carbocycles. The SMILES string of the molecule is Clc1ccc(Cl)c(-c2c(Cl)ccc(Cl)c2Cl)c1Cl. The Hall–Kier alpha value is 0.180. The predicted molar refractivity (Wildman–Crippen MR) is 81.9 cm³/mol. The van der Waals surface area contributed by atoms with E-state index >= 15 is 0 Å². The second-order valence-corrected chi connectivity index (χ2v) is 5.82. The molecule has 0 aliphatic carbocycles. The summed E-state index contributed by atoms with van der Waals surface area (Å²) in [6, 6.07) is 6.45. The average Bonchev–Trinajstić information content (AvgIpc) is 2.33. The number of hydrogen-bond donors (Lipinski definition) is 0. The van der Waals surface area contributed by atoms with Gasteiger partial charge in [0.15, 0.2) is 0 Å². The zero-order valence-corrected chi connectivity index (χ0v) is 13.1. The third-order valence-electron chi connectivity index (χ3n) is 2.34. The van der Waals surface area contributed by atoms with Gasteiger partial charge in [0.25, 0.3) is 0 Å². The first-order chi connectivity index (χ1) is 8.43. The van der Waals surface area contributed by atoms with Crippen LogP contribution in [0.2, 0.25) is 30.1 Å². The first kappa shape index (κ1) is 14.6. The summed E-state index contributed by atoms with van der Waals surface area (Å²) >= 11 is 36.5. The van der Waals surface area contributed by atoms with Crippen molar-refractivity contribution in [2.75, 3.05) is 0 Å². The maximum absolute atomic E-state index is 6.15. The fourth-order valence-corrected chi connectivity index (χ4v) is 2.95. The molecule has 0 aliphatic heterocycles. The van der Waals surface area contributed by atoms with Gasteiger partial charge in [-0.05, 0) is 24.3 Å². The number of benzene rings is 2. The fourth-order valence-electron chi connectivity index (χ4n) is 1.51. The Kier molecular flexibility index (Phi) is 4.59. The van der Waals surface area contributed by atoms with Crippen molar-refractivity contribution in [2.45, 2.75) is 0 Å². The Bertz CT molecular complexity index is 565. The molecule has 0 saturated heterocycles. The van der Waals surface area contributed by atoms with Crippen LogP contribution in [-0.2, 0) is 0 Å². The predicted octanol–water partition coefficient (Wildman–Crippen LogP) is 7.27. The highest BCUT2D eigenvalue weighted by Gasteiger charge is 2.19. The van der Waals surface area contributed by atoms with E-state index in [9.17, 15) is 0 Å². The van der Waals surface area contributed by atoms with E-state index in [1.807, 2.05) is 0 Å². The first-order valence-electron chi connectivity index (χ1n) is 4.71. The molecule has 18 heavy (non-hydrogen) atoms. The van der Waals surface area contributed by atoms with Gasteiger partial charge in [-0.15, -0.1) is 0 Å². The molecule has 0 heterocycles. The summed E-state index contributed by atoms with van der Waals surface area (Å²) in [6.07, 6.45) is 0. The quantitative estimate of drug-likeness (QED) is 0.469. The maximum atomic E-state index is 6.15. The normalized spacial score (nSPS) is 10.8. The molecule has 0 spiro atoms. The van der Waals surface area contributed by atoms with E-state index in [0.717, 1.165) is 0 Å². The average molecular weight is 361 g/mol. The summed E-state index contributed by atoms with van der Waals surface area (Å²) in [7, 11) is 0. The molecule has 0 fully saturated rings. The Morgan fingerprint density at radius 1 is 0.444 bits per heavy atom. The molecule has 0 nitrogen and oxygen atoms in total. The number of rotatable bonds is 1. The second kappa shape index (κ2) is 5.66. The second-order valence-electron chi connectivity index (χ2n) is 3.44. The van der Waals surface area contributed by atoms with Gasteiger partial charge in [-0.3, -0.25) is 0 Å². The van der Waals surface area contributed by atoms with Crippen LogP contribution in [0.3, 0.4) is 0 Å². The lowest BCUT2D eigenvalue weighted by molar-refractivity contribution is 1.61. The van der Waals surface area contributed by atoms with Gasteiger partial charge < -0.3 is 0 Å². The van der Waals surface area contributed by atoms with E-state index in [1.165, 1.54) is 0 Å². The molecule has 0 radical (unpaired) electrons. The van der Waals surface area contributed by atoms with E-state index in [2.05, 4.69) is 0 Å². The van der Waals surface area contributed by atoms with Crippen LogP contribution in [-0.4, -0.2) is 0 Å². The Morgan fingerprint density at radius 3 is 1.06 bits per heavy atom. The molecule has 2 rings (SSSR count). The van der Waals surface area contributed by atoms with Gasteiger partial charge in [0.05, 0.1) is 30.1 Å². The van der Waals surface area contributed by atoms with Crippen molar-refractivity contribution >= 4 is 69.6 Å². The largest absolute Gasteiger partial charge is 0.0836 e. The van der Waals surface area contributed by atoms with Gasteiger partial charge in [-0.1, -0.05) is 69.6 Å². The van der Waals surface area contributed by atoms with Crippen LogP contribution < -0.4 is 0 Å². The molecule has 0 saturated carbocycles. The van der Waals surface area contributed by atoms with Crippen LogP contribution in [0, 0.1) is 0 Å². The summed E-state index contributed by atoms with van der Waals surface area (Å²) in [5.41, 5.74) is 0.951. The highest BCUT2D eigenvalue weighted by molar-refractivity contribution is 6.50. The van der Waals surface area contributed by atoms with Crippen molar-refractivity contribution in [3.05, 3.63) is 54.4 Å². The van der Waals surface area contributed by atoms with Gasteiger partial charge in [-0.25, -0.2) is 0 Å². The minimum atomic E-state index is 0.287. The van der Waals surface area contributed by atoms with Crippen LogP contribution in [0.5, 0.6) is 0 Å². The molecule has 6 heteroatoms. The van der Waals surface area contributed by atoms with Crippen LogP contribution in [0.1, 0.15) is 0 Å². The first-order valence-corrected chi connectivity index (χ1v) is 6.97. The molecule has 0 unspecified atom stereocenters. The minimum Gasteiger partial charge on any atom is -0.0836 e. The highest BCUT2D eigenvalue weighted by atomic mass is 35.5. The molecule has 0 aromatic heterocycles. The molecular formula is C12H4Cl6. The van der Waals surface area contributed by atoms with Crippen LogP contribution >= 0.6 is 69.6 Å². The lowest BCUT2D eigenvalue weighted by Gasteiger charge is -2.13. The summed E-state index contributed by atoms with van der Waals surface area (Å²) in [6.45, 7) is 0. The molecule has 94 valence electrons. The van der Waals surface area contributed by atoms with E-state index < -0.39 is 0 Å². The Balaban J connectivity index is 2.85. The Morgan fingerprint density at radius 2 is 0.722 bits per heavy atom. The number of halogens is 6. The third kappa shape index (κ3) is 2.56. The zero-order valence-electron chi connectivity index (χ0n) is 8.58. The minimum absolute atomic E-state index is 0.287.